The Morgan fingerprint density at radius 2 is 1.64 bits per heavy atom. The predicted molar refractivity (Wildman–Crippen MR) is 136 cm³/mol. The number of nitrogens with zero attached hydrogens (tertiary/aromatic N) is 3. The second kappa shape index (κ2) is 10.9. The first-order chi connectivity index (χ1) is 15.3. The molecule has 0 unspecified atom stereocenters. The summed E-state index contributed by atoms with van der Waals surface area (Å²) >= 11 is 0. The largest absolute Gasteiger partial charge is 0.322 e. The molecule has 3 amide bonds. The van der Waals surface area contributed by atoms with Crippen LogP contribution in [-0.2, 0) is 17.3 Å². The molecule has 1 heterocycles. The quantitative estimate of drug-likeness (QED) is 0.524. The summed E-state index contributed by atoms with van der Waals surface area (Å²) < 4.78 is 1.66. The van der Waals surface area contributed by atoms with E-state index in [9.17, 15) is 9.59 Å². The maximum atomic E-state index is 13.3. The molecular formula is C26H41N5O2. The van der Waals surface area contributed by atoms with Gasteiger partial charge >= 0.3 is 6.03 Å². The molecule has 7 heteroatoms. The van der Waals surface area contributed by atoms with E-state index in [-0.39, 0.29) is 35.7 Å². The standard InChI is InChI=1S/C26H41N5O2/c1-10-14-31(16-23(32)27-22-15-21(26(6,7)8)29-30(22)9)25(33)28-24-19(17(2)3)12-11-13-20(24)18(4)5/h11-13,15,17-18H,10,14,16H2,1-9H3,(H,27,32)(H,28,33). The van der Waals surface area contributed by atoms with E-state index in [2.05, 4.69) is 76.3 Å². The average Bonchev–Trinajstić information content (AvgIpc) is 3.08. The monoisotopic (exact) mass is 455 g/mol. The molecule has 2 N–H and O–H groups in total. The average molecular weight is 456 g/mol. The molecule has 33 heavy (non-hydrogen) atoms. The van der Waals surface area contributed by atoms with Crippen molar-refractivity contribution in [1.82, 2.24) is 14.7 Å². The van der Waals surface area contributed by atoms with Crippen LogP contribution in [0.5, 0.6) is 0 Å². The molecule has 1 aromatic carbocycles. The molecule has 7 nitrogen and oxygen atoms in total. The van der Waals surface area contributed by atoms with Crippen LogP contribution < -0.4 is 10.6 Å². The van der Waals surface area contributed by atoms with Gasteiger partial charge < -0.3 is 15.5 Å². The number of hydrogen-bond acceptors (Lipinski definition) is 3. The molecule has 1 aromatic heterocycles. The summed E-state index contributed by atoms with van der Waals surface area (Å²) in [5.41, 5.74) is 3.83. The minimum atomic E-state index is -0.262. The highest BCUT2D eigenvalue weighted by molar-refractivity contribution is 5.97. The number of nitrogens with one attached hydrogen (secondary N) is 2. The number of aromatic nitrogens is 2. The lowest BCUT2D eigenvalue weighted by Gasteiger charge is -2.25. The molecule has 182 valence electrons. The van der Waals surface area contributed by atoms with Crippen LogP contribution in [0, 0.1) is 0 Å². The Balaban J connectivity index is 2.20. The predicted octanol–water partition coefficient (Wildman–Crippen LogP) is 5.85. The second-order valence-corrected chi connectivity index (χ2v) is 10.3. The Labute approximate surface area is 198 Å². The van der Waals surface area contributed by atoms with Gasteiger partial charge in [0.2, 0.25) is 5.91 Å². The van der Waals surface area contributed by atoms with E-state index in [0.29, 0.717) is 12.4 Å². The minimum Gasteiger partial charge on any atom is -0.315 e. The first kappa shape index (κ1) is 26.4. The van der Waals surface area contributed by atoms with Crippen molar-refractivity contribution < 1.29 is 9.59 Å². The van der Waals surface area contributed by atoms with Gasteiger partial charge in [0.15, 0.2) is 0 Å². The third kappa shape index (κ3) is 6.83. The van der Waals surface area contributed by atoms with Crippen LogP contribution in [0.3, 0.4) is 0 Å². The van der Waals surface area contributed by atoms with Crippen molar-refractivity contribution in [2.75, 3.05) is 23.7 Å². The highest BCUT2D eigenvalue weighted by Crippen LogP contribution is 2.32. The van der Waals surface area contributed by atoms with E-state index >= 15 is 0 Å². The van der Waals surface area contributed by atoms with E-state index in [0.717, 1.165) is 28.9 Å². The molecule has 0 radical (unpaired) electrons. The lowest BCUT2D eigenvalue weighted by molar-refractivity contribution is -0.116. The van der Waals surface area contributed by atoms with Crippen LogP contribution in [0.1, 0.15) is 90.5 Å². The van der Waals surface area contributed by atoms with Gasteiger partial charge in [-0.2, -0.15) is 5.10 Å². The SMILES string of the molecule is CCCN(CC(=O)Nc1cc(C(C)(C)C)nn1C)C(=O)Nc1c(C(C)C)cccc1C(C)C. The number of urea groups is 1. The number of amides is 3. The summed E-state index contributed by atoms with van der Waals surface area (Å²) in [4.78, 5) is 27.7. The summed E-state index contributed by atoms with van der Waals surface area (Å²) in [7, 11) is 1.80. The van der Waals surface area contributed by atoms with Crippen molar-refractivity contribution in [2.45, 2.75) is 79.1 Å². The molecule has 0 aliphatic rings. The highest BCUT2D eigenvalue weighted by atomic mass is 16.2. The van der Waals surface area contributed by atoms with E-state index in [1.807, 2.05) is 19.1 Å². The van der Waals surface area contributed by atoms with Crippen molar-refractivity contribution >= 4 is 23.4 Å². The van der Waals surface area contributed by atoms with Crippen molar-refractivity contribution in [3.63, 3.8) is 0 Å². The molecule has 2 rings (SSSR count). The fraction of sp³-hybridized carbons (Fsp3) is 0.577. The smallest absolute Gasteiger partial charge is 0.315 e. The normalized spacial score (nSPS) is 11.7. The highest BCUT2D eigenvalue weighted by Gasteiger charge is 2.23. The molecular weight excluding hydrogens is 414 g/mol. The first-order valence-electron chi connectivity index (χ1n) is 11.9. The summed E-state index contributed by atoms with van der Waals surface area (Å²) in [5.74, 6) is 0.907. The topological polar surface area (TPSA) is 79.3 Å². The molecule has 0 aliphatic heterocycles. The zero-order chi connectivity index (χ0) is 24.9. The number of para-hydroxylation sites is 1. The van der Waals surface area contributed by atoms with Gasteiger partial charge in [-0.15, -0.1) is 0 Å². The number of rotatable bonds is 8. The van der Waals surface area contributed by atoms with Gasteiger partial charge in [0, 0.05) is 30.8 Å². The fourth-order valence-electron chi connectivity index (χ4n) is 3.71. The summed E-state index contributed by atoms with van der Waals surface area (Å²) in [5, 5.41) is 10.5. The number of hydrogen-bond donors (Lipinski definition) is 2. The Morgan fingerprint density at radius 3 is 2.09 bits per heavy atom. The third-order valence-corrected chi connectivity index (χ3v) is 5.64. The Kier molecular flexibility index (Phi) is 8.69. The van der Waals surface area contributed by atoms with Gasteiger partial charge in [-0.3, -0.25) is 9.48 Å². The van der Waals surface area contributed by atoms with Crippen LogP contribution in [0.2, 0.25) is 0 Å². The lowest BCUT2D eigenvalue weighted by Crippen LogP contribution is -2.41. The fourth-order valence-corrected chi connectivity index (χ4v) is 3.71. The van der Waals surface area contributed by atoms with Gasteiger partial charge in [-0.1, -0.05) is 73.6 Å². The van der Waals surface area contributed by atoms with E-state index in [1.165, 1.54) is 0 Å². The molecule has 0 saturated heterocycles. The molecule has 0 fully saturated rings. The zero-order valence-corrected chi connectivity index (χ0v) is 21.7. The van der Waals surface area contributed by atoms with Gasteiger partial charge in [0.1, 0.15) is 12.4 Å². The van der Waals surface area contributed by atoms with Gasteiger partial charge in [0.05, 0.1) is 5.69 Å². The Bertz CT molecular complexity index is 943. The van der Waals surface area contributed by atoms with E-state index in [1.54, 1.807) is 16.6 Å². The van der Waals surface area contributed by atoms with Crippen LogP contribution in [-0.4, -0.2) is 39.7 Å². The van der Waals surface area contributed by atoms with Gasteiger partial charge in [0.25, 0.3) is 0 Å². The summed E-state index contributed by atoms with van der Waals surface area (Å²) in [6.07, 6.45) is 0.753. The summed E-state index contributed by atoms with van der Waals surface area (Å²) in [6.45, 7) is 17.2. The van der Waals surface area contributed by atoms with Crippen LogP contribution in [0.4, 0.5) is 16.3 Å². The Morgan fingerprint density at radius 1 is 1.06 bits per heavy atom. The maximum Gasteiger partial charge on any atom is 0.322 e. The van der Waals surface area contributed by atoms with Gasteiger partial charge in [-0.05, 0) is 29.4 Å². The summed E-state index contributed by atoms with van der Waals surface area (Å²) in [6, 6.07) is 7.77. The van der Waals surface area contributed by atoms with Gasteiger partial charge in [-0.25, -0.2) is 4.79 Å². The van der Waals surface area contributed by atoms with Crippen LogP contribution >= 0.6 is 0 Å². The number of benzene rings is 1. The van der Waals surface area contributed by atoms with Crippen molar-refractivity contribution in [2.24, 2.45) is 7.05 Å². The molecule has 0 bridgehead atoms. The van der Waals surface area contributed by atoms with Crippen molar-refractivity contribution in [1.29, 1.82) is 0 Å². The molecule has 0 aliphatic carbocycles. The van der Waals surface area contributed by atoms with Crippen LogP contribution in [0.25, 0.3) is 0 Å². The Hall–Kier alpha value is -2.83. The van der Waals surface area contributed by atoms with E-state index in [4.69, 9.17) is 0 Å². The lowest BCUT2D eigenvalue weighted by atomic mass is 9.92. The van der Waals surface area contributed by atoms with E-state index < -0.39 is 0 Å². The van der Waals surface area contributed by atoms with Crippen LogP contribution in [0.15, 0.2) is 24.3 Å². The molecule has 0 spiro atoms. The number of aryl methyl sites for hydroxylation is 1. The zero-order valence-electron chi connectivity index (χ0n) is 21.7. The van der Waals surface area contributed by atoms with Crippen molar-refractivity contribution in [3.8, 4) is 0 Å². The maximum absolute atomic E-state index is 13.3. The number of carbonyl (C=O) groups excluding carboxylic acids is 2. The number of carbonyl (C=O) groups is 2. The third-order valence-electron chi connectivity index (χ3n) is 5.64. The molecule has 0 saturated carbocycles. The first-order valence-corrected chi connectivity index (χ1v) is 11.9. The minimum absolute atomic E-state index is 0.0312. The molecule has 2 aromatic rings. The number of anilines is 2. The van der Waals surface area contributed by atoms with Crippen molar-refractivity contribution in [3.05, 3.63) is 41.1 Å². The second-order valence-electron chi connectivity index (χ2n) is 10.3. The molecule has 0 atom stereocenters.